The van der Waals surface area contributed by atoms with Gasteiger partial charge in [-0.1, -0.05) is 73.7 Å². The first-order chi connectivity index (χ1) is 16.1. The minimum atomic E-state index is -0.0717. The molecule has 0 saturated carbocycles. The minimum Gasteiger partial charge on any atom is -0.345 e. The molecule has 0 aliphatic heterocycles. The molecule has 0 spiro atoms. The van der Waals surface area contributed by atoms with Crippen molar-refractivity contribution in [2.24, 2.45) is 0 Å². The number of rotatable bonds is 12. The third-order valence-corrected chi connectivity index (χ3v) is 5.53. The largest absolute Gasteiger partial charge is 0.345 e. The molecule has 1 heterocycles. The first-order valence-corrected chi connectivity index (χ1v) is 11.5. The predicted molar refractivity (Wildman–Crippen MR) is 132 cm³/mol. The van der Waals surface area contributed by atoms with Gasteiger partial charge in [-0.25, -0.2) is 0 Å². The Morgan fingerprint density at radius 1 is 0.848 bits per heavy atom. The van der Waals surface area contributed by atoms with E-state index < -0.39 is 0 Å². The molecular weight excluding hydrogens is 410 g/mol. The van der Waals surface area contributed by atoms with Gasteiger partial charge in [-0.05, 0) is 29.7 Å². The number of carbonyl (C=O) groups excluding carboxylic acids is 2. The SMILES string of the molecule is C=CCN(CC(=O)N(Cc1ccccc1)Cc1cccn1Cc1ccccc1)C(=O)CCC. The van der Waals surface area contributed by atoms with E-state index in [0.29, 0.717) is 26.1 Å². The van der Waals surface area contributed by atoms with Gasteiger partial charge in [0.1, 0.15) is 6.54 Å². The summed E-state index contributed by atoms with van der Waals surface area (Å²) >= 11 is 0. The molecule has 0 unspecified atom stereocenters. The van der Waals surface area contributed by atoms with Gasteiger partial charge in [0.25, 0.3) is 0 Å². The molecule has 0 atom stereocenters. The van der Waals surface area contributed by atoms with Gasteiger partial charge in [0.15, 0.2) is 0 Å². The Hall–Kier alpha value is -3.60. The van der Waals surface area contributed by atoms with Crippen molar-refractivity contribution in [3.8, 4) is 0 Å². The molecule has 0 N–H and O–H groups in total. The number of carbonyl (C=O) groups is 2. The second-order valence-corrected chi connectivity index (χ2v) is 8.16. The van der Waals surface area contributed by atoms with E-state index in [4.69, 9.17) is 0 Å². The molecule has 33 heavy (non-hydrogen) atoms. The van der Waals surface area contributed by atoms with E-state index in [1.54, 1.807) is 11.0 Å². The fraction of sp³-hybridized carbons (Fsp3) is 0.286. The van der Waals surface area contributed by atoms with E-state index in [-0.39, 0.29) is 18.4 Å². The highest BCUT2D eigenvalue weighted by molar-refractivity contribution is 5.85. The molecule has 1 aromatic heterocycles. The number of hydrogen-bond acceptors (Lipinski definition) is 2. The smallest absolute Gasteiger partial charge is 0.242 e. The van der Waals surface area contributed by atoms with Gasteiger partial charge in [0, 0.05) is 37.9 Å². The lowest BCUT2D eigenvalue weighted by atomic mass is 10.2. The molecule has 5 heteroatoms. The standard InChI is InChI=1S/C28H33N3O2/c1-3-12-27(32)30(18-4-2)23-28(33)31(21-25-15-9-6-10-16-25)22-26-17-11-19-29(26)20-24-13-7-5-8-14-24/h4-11,13-17,19H,2-3,12,18,20-23H2,1H3. The van der Waals surface area contributed by atoms with E-state index in [0.717, 1.165) is 24.2 Å². The maximum Gasteiger partial charge on any atom is 0.242 e. The molecule has 0 aliphatic rings. The zero-order chi connectivity index (χ0) is 23.5. The maximum absolute atomic E-state index is 13.4. The van der Waals surface area contributed by atoms with E-state index in [1.165, 1.54) is 5.56 Å². The third-order valence-electron chi connectivity index (χ3n) is 5.53. The van der Waals surface area contributed by atoms with Gasteiger partial charge in [-0.3, -0.25) is 9.59 Å². The molecule has 2 amide bonds. The fourth-order valence-electron chi connectivity index (χ4n) is 3.80. The van der Waals surface area contributed by atoms with Crippen LogP contribution in [0.15, 0.2) is 91.6 Å². The van der Waals surface area contributed by atoms with Gasteiger partial charge in [-0.2, -0.15) is 0 Å². The van der Waals surface area contributed by atoms with E-state index >= 15 is 0 Å². The lowest BCUT2D eigenvalue weighted by Gasteiger charge is -2.28. The third kappa shape index (κ3) is 7.21. The van der Waals surface area contributed by atoms with Crippen LogP contribution < -0.4 is 0 Å². The molecule has 0 aliphatic carbocycles. The molecule has 172 valence electrons. The lowest BCUT2D eigenvalue weighted by Crippen LogP contribution is -2.42. The molecule has 2 aromatic carbocycles. The predicted octanol–water partition coefficient (Wildman–Crippen LogP) is 4.88. The summed E-state index contributed by atoms with van der Waals surface area (Å²) in [4.78, 5) is 29.4. The van der Waals surface area contributed by atoms with Crippen molar-refractivity contribution in [3.05, 3.63) is 108 Å². The zero-order valence-electron chi connectivity index (χ0n) is 19.4. The number of amides is 2. The summed E-state index contributed by atoms with van der Waals surface area (Å²) in [6.45, 7) is 7.84. The first-order valence-electron chi connectivity index (χ1n) is 11.5. The molecule has 0 radical (unpaired) electrons. The quantitative estimate of drug-likeness (QED) is 0.375. The fourth-order valence-corrected chi connectivity index (χ4v) is 3.80. The van der Waals surface area contributed by atoms with Crippen LogP contribution in [0.4, 0.5) is 0 Å². The summed E-state index contributed by atoms with van der Waals surface area (Å²) in [5.41, 5.74) is 3.32. The number of nitrogens with zero attached hydrogens (tertiary/aromatic N) is 3. The van der Waals surface area contributed by atoms with Crippen LogP contribution in [-0.2, 0) is 29.2 Å². The number of hydrogen-bond donors (Lipinski definition) is 0. The van der Waals surface area contributed by atoms with Crippen molar-refractivity contribution in [3.63, 3.8) is 0 Å². The van der Waals surface area contributed by atoms with Gasteiger partial charge in [0.05, 0.1) is 6.54 Å². The monoisotopic (exact) mass is 443 g/mol. The molecular formula is C28H33N3O2. The molecule has 3 rings (SSSR count). The van der Waals surface area contributed by atoms with Crippen molar-refractivity contribution in [1.82, 2.24) is 14.4 Å². The summed E-state index contributed by atoms with van der Waals surface area (Å²) < 4.78 is 2.17. The van der Waals surface area contributed by atoms with Gasteiger partial charge in [0.2, 0.25) is 11.8 Å². The average molecular weight is 444 g/mol. The normalized spacial score (nSPS) is 10.6. The van der Waals surface area contributed by atoms with E-state index in [1.807, 2.05) is 72.6 Å². The Kier molecular flexibility index (Phi) is 9.07. The first kappa shape index (κ1) is 24.1. The van der Waals surface area contributed by atoms with E-state index in [2.05, 4.69) is 29.3 Å². The van der Waals surface area contributed by atoms with Gasteiger partial charge < -0.3 is 14.4 Å². The highest BCUT2D eigenvalue weighted by atomic mass is 16.2. The van der Waals surface area contributed by atoms with E-state index in [9.17, 15) is 9.59 Å². The summed E-state index contributed by atoms with van der Waals surface area (Å²) in [5.74, 6) is -0.0875. The Morgan fingerprint density at radius 3 is 2.15 bits per heavy atom. The molecule has 0 saturated heterocycles. The van der Waals surface area contributed by atoms with Crippen LogP contribution in [0.25, 0.3) is 0 Å². The molecule has 0 fully saturated rings. The van der Waals surface area contributed by atoms with Crippen LogP contribution in [0.5, 0.6) is 0 Å². The van der Waals surface area contributed by atoms with Crippen LogP contribution in [-0.4, -0.2) is 39.3 Å². The Balaban J connectivity index is 1.80. The van der Waals surface area contributed by atoms with Crippen LogP contribution in [0.1, 0.15) is 36.6 Å². The topological polar surface area (TPSA) is 45.6 Å². The highest BCUT2D eigenvalue weighted by Gasteiger charge is 2.21. The Bertz CT molecular complexity index is 1030. The van der Waals surface area contributed by atoms with Crippen molar-refractivity contribution in [2.75, 3.05) is 13.1 Å². The molecule has 3 aromatic rings. The number of aromatic nitrogens is 1. The highest BCUT2D eigenvalue weighted by Crippen LogP contribution is 2.14. The summed E-state index contributed by atoms with van der Waals surface area (Å²) in [6.07, 6.45) is 4.90. The summed E-state index contributed by atoms with van der Waals surface area (Å²) in [6, 6.07) is 24.3. The van der Waals surface area contributed by atoms with Gasteiger partial charge in [-0.15, -0.1) is 6.58 Å². The minimum absolute atomic E-state index is 0.0159. The summed E-state index contributed by atoms with van der Waals surface area (Å²) in [7, 11) is 0. The average Bonchev–Trinajstić information content (AvgIpc) is 3.26. The van der Waals surface area contributed by atoms with Crippen molar-refractivity contribution in [1.29, 1.82) is 0 Å². The Morgan fingerprint density at radius 2 is 1.52 bits per heavy atom. The van der Waals surface area contributed by atoms with Crippen molar-refractivity contribution >= 4 is 11.8 Å². The van der Waals surface area contributed by atoms with Crippen LogP contribution in [0.2, 0.25) is 0 Å². The molecule has 5 nitrogen and oxygen atoms in total. The van der Waals surface area contributed by atoms with Gasteiger partial charge >= 0.3 is 0 Å². The summed E-state index contributed by atoms with van der Waals surface area (Å²) in [5, 5.41) is 0. The second-order valence-electron chi connectivity index (χ2n) is 8.16. The van der Waals surface area contributed by atoms with Crippen molar-refractivity contribution < 1.29 is 9.59 Å². The maximum atomic E-state index is 13.4. The van der Waals surface area contributed by atoms with Crippen LogP contribution in [0, 0.1) is 0 Å². The second kappa shape index (κ2) is 12.4. The van der Waals surface area contributed by atoms with Crippen molar-refractivity contribution in [2.45, 2.75) is 39.4 Å². The van der Waals surface area contributed by atoms with Crippen LogP contribution >= 0.6 is 0 Å². The Labute approximate surface area is 196 Å². The molecule has 0 bridgehead atoms. The lowest BCUT2D eigenvalue weighted by molar-refractivity contribution is -0.140. The van der Waals surface area contributed by atoms with Crippen LogP contribution in [0.3, 0.4) is 0 Å². The number of benzene rings is 2. The zero-order valence-corrected chi connectivity index (χ0v) is 19.4.